The first-order valence-electron chi connectivity index (χ1n) is 10.1. The van der Waals surface area contributed by atoms with Gasteiger partial charge < -0.3 is 0 Å². The van der Waals surface area contributed by atoms with Crippen molar-refractivity contribution in [3.05, 3.63) is 96.6 Å². The van der Waals surface area contributed by atoms with Gasteiger partial charge in [-0.25, -0.2) is 0 Å². The molecule has 0 saturated heterocycles. The Morgan fingerprint density at radius 2 is 1.17 bits per heavy atom. The van der Waals surface area contributed by atoms with Crippen molar-refractivity contribution in [1.82, 2.24) is 0 Å². The molecule has 4 aromatic carbocycles. The maximum atomic E-state index is 2.33. The molecule has 1 heterocycles. The second-order valence-corrected chi connectivity index (χ2v) is 9.74. The lowest BCUT2D eigenvalue weighted by molar-refractivity contribution is 0.596. The predicted octanol–water partition coefficient (Wildman–Crippen LogP) is 8.69. The van der Waals surface area contributed by atoms with Crippen LogP contribution in [0.15, 0.2) is 91.0 Å². The molecular formula is C28H24S. The molecule has 0 fully saturated rings. The lowest BCUT2D eigenvalue weighted by Gasteiger charge is -2.21. The molecule has 0 saturated carbocycles. The van der Waals surface area contributed by atoms with Gasteiger partial charge in [-0.15, -0.1) is 11.3 Å². The molecule has 0 nitrogen and oxygen atoms in total. The van der Waals surface area contributed by atoms with E-state index in [1.807, 2.05) is 11.3 Å². The molecule has 1 heteroatoms. The molecule has 0 amide bonds. The summed E-state index contributed by atoms with van der Waals surface area (Å²) < 4.78 is 2.73. The number of fused-ring (bicyclic) bond motifs is 3. The van der Waals surface area contributed by atoms with Crippen molar-refractivity contribution in [2.45, 2.75) is 26.2 Å². The van der Waals surface area contributed by atoms with Gasteiger partial charge in [-0.1, -0.05) is 93.6 Å². The topological polar surface area (TPSA) is 0 Å². The summed E-state index contributed by atoms with van der Waals surface area (Å²) in [5.74, 6) is 0. The highest BCUT2D eigenvalue weighted by Gasteiger charge is 2.21. The van der Waals surface area contributed by atoms with Crippen molar-refractivity contribution < 1.29 is 0 Å². The largest absolute Gasteiger partial charge is 0.135 e. The summed E-state index contributed by atoms with van der Waals surface area (Å²) in [7, 11) is 0. The van der Waals surface area contributed by atoms with Crippen LogP contribution in [0.2, 0.25) is 0 Å². The minimum absolute atomic E-state index is 0.104. The van der Waals surface area contributed by atoms with Crippen LogP contribution in [0.5, 0.6) is 0 Å². The van der Waals surface area contributed by atoms with Crippen molar-refractivity contribution >= 4 is 31.5 Å². The van der Waals surface area contributed by atoms with Crippen LogP contribution in [-0.4, -0.2) is 0 Å². The minimum Gasteiger partial charge on any atom is -0.135 e. The standard InChI is InChI=1S/C28H24S/c1-28(2,3)23-15-9-17-25-27(23)26-22(14-8-16-24(26)29-25)21-13-7-12-20(18-21)19-10-5-4-6-11-19/h4-18H,1-3H3. The van der Waals surface area contributed by atoms with Gasteiger partial charge in [-0.2, -0.15) is 0 Å². The van der Waals surface area contributed by atoms with Gasteiger partial charge in [0.2, 0.25) is 0 Å². The van der Waals surface area contributed by atoms with Gasteiger partial charge in [0.25, 0.3) is 0 Å². The Bertz CT molecular complexity index is 1320. The summed E-state index contributed by atoms with van der Waals surface area (Å²) in [5.41, 5.74) is 6.64. The molecule has 0 atom stereocenters. The van der Waals surface area contributed by atoms with Crippen LogP contribution >= 0.6 is 11.3 Å². The third-order valence-corrected chi connectivity index (χ3v) is 6.73. The van der Waals surface area contributed by atoms with E-state index in [1.165, 1.54) is 48.0 Å². The number of rotatable bonds is 2. The lowest BCUT2D eigenvalue weighted by Crippen LogP contribution is -2.11. The van der Waals surface area contributed by atoms with E-state index >= 15 is 0 Å². The van der Waals surface area contributed by atoms with E-state index < -0.39 is 0 Å². The Morgan fingerprint density at radius 1 is 0.552 bits per heavy atom. The SMILES string of the molecule is CC(C)(C)c1cccc2sc3cccc(-c4cccc(-c5ccccc5)c4)c3c12. The molecule has 29 heavy (non-hydrogen) atoms. The van der Waals surface area contributed by atoms with E-state index in [1.54, 1.807) is 0 Å². The van der Waals surface area contributed by atoms with E-state index in [2.05, 4.69) is 112 Å². The third-order valence-electron chi connectivity index (χ3n) is 5.61. The summed E-state index contributed by atoms with van der Waals surface area (Å²) in [5, 5.41) is 2.81. The van der Waals surface area contributed by atoms with Crippen LogP contribution in [0.4, 0.5) is 0 Å². The molecule has 5 aromatic rings. The summed E-state index contributed by atoms with van der Waals surface area (Å²) in [6.45, 7) is 6.93. The minimum atomic E-state index is 0.104. The van der Waals surface area contributed by atoms with Gasteiger partial charge in [0, 0.05) is 20.2 Å². The van der Waals surface area contributed by atoms with Crippen LogP contribution in [0.3, 0.4) is 0 Å². The van der Waals surface area contributed by atoms with E-state index in [-0.39, 0.29) is 5.41 Å². The second-order valence-electron chi connectivity index (χ2n) is 8.66. The molecule has 0 radical (unpaired) electrons. The third kappa shape index (κ3) is 3.16. The van der Waals surface area contributed by atoms with Gasteiger partial charge in [0.15, 0.2) is 0 Å². The summed E-state index contributed by atoms with van der Waals surface area (Å²) >= 11 is 1.90. The van der Waals surface area contributed by atoms with Crippen molar-refractivity contribution in [1.29, 1.82) is 0 Å². The fourth-order valence-electron chi connectivity index (χ4n) is 4.23. The first-order valence-corrected chi connectivity index (χ1v) is 10.9. The predicted molar refractivity (Wildman–Crippen MR) is 129 cm³/mol. The maximum absolute atomic E-state index is 2.33. The van der Waals surface area contributed by atoms with Crippen LogP contribution in [0.25, 0.3) is 42.4 Å². The number of hydrogen-bond acceptors (Lipinski definition) is 1. The van der Waals surface area contributed by atoms with Gasteiger partial charge in [0.1, 0.15) is 0 Å². The van der Waals surface area contributed by atoms with Crippen LogP contribution in [0, 0.1) is 0 Å². The average Bonchev–Trinajstić information content (AvgIpc) is 3.12. The Labute approximate surface area is 176 Å². The van der Waals surface area contributed by atoms with E-state index in [0.717, 1.165) is 0 Å². The number of benzene rings is 4. The highest BCUT2D eigenvalue weighted by molar-refractivity contribution is 7.26. The molecule has 1 aromatic heterocycles. The van der Waals surface area contributed by atoms with E-state index in [4.69, 9.17) is 0 Å². The van der Waals surface area contributed by atoms with E-state index in [0.29, 0.717) is 0 Å². The summed E-state index contributed by atoms with van der Waals surface area (Å²) in [4.78, 5) is 0. The van der Waals surface area contributed by atoms with Crippen molar-refractivity contribution in [3.63, 3.8) is 0 Å². The van der Waals surface area contributed by atoms with Crippen molar-refractivity contribution in [2.75, 3.05) is 0 Å². The van der Waals surface area contributed by atoms with Gasteiger partial charge in [0.05, 0.1) is 0 Å². The molecule has 0 spiro atoms. The Morgan fingerprint density at radius 3 is 1.93 bits per heavy atom. The quantitative estimate of drug-likeness (QED) is 0.282. The Kier molecular flexibility index (Phi) is 4.29. The molecule has 0 aliphatic carbocycles. The van der Waals surface area contributed by atoms with Crippen molar-refractivity contribution in [3.8, 4) is 22.3 Å². The molecule has 5 rings (SSSR count). The number of thiophene rings is 1. The zero-order valence-corrected chi connectivity index (χ0v) is 17.9. The molecule has 0 N–H and O–H groups in total. The van der Waals surface area contributed by atoms with Crippen molar-refractivity contribution in [2.24, 2.45) is 0 Å². The van der Waals surface area contributed by atoms with Crippen LogP contribution in [0.1, 0.15) is 26.3 Å². The number of hydrogen-bond donors (Lipinski definition) is 0. The van der Waals surface area contributed by atoms with Gasteiger partial charge >= 0.3 is 0 Å². The Balaban J connectivity index is 1.81. The highest BCUT2D eigenvalue weighted by atomic mass is 32.1. The first-order chi connectivity index (χ1) is 14.0. The molecule has 0 aliphatic heterocycles. The zero-order valence-electron chi connectivity index (χ0n) is 17.1. The van der Waals surface area contributed by atoms with E-state index in [9.17, 15) is 0 Å². The van der Waals surface area contributed by atoms with Gasteiger partial charge in [-0.3, -0.25) is 0 Å². The zero-order chi connectivity index (χ0) is 20.0. The van der Waals surface area contributed by atoms with Crippen LogP contribution in [-0.2, 0) is 5.41 Å². The average molecular weight is 393 g/mol. The molecule has 0 bridgehead atoms. The maximum Gasteiger partial charge on any atom is 0.0361 e. The summed E-state index contributed by atoms with van der Waals surface area (Å²) in [6.07, 6.45) is 0. The monoisotopic (exact) mass is 392 g/mol. The highest BCUT2D eigenvalue weighted by Crippen LogP contribution is 2.44. The first kappa shape index (κ1) is 18.1. The molecular weight excluding hydrogens is 368 g/mol. The molecule has 0 unspecified atom stereocenters. The fraction of sp³-hybridized carbons (Fsp3) is 0.143. The van der Waals surface area contributed by atoms with Gasteiger partial charge in [-0.05, 0) is 51.4 Å². The summed E-state index contributed by atoms with van der Waals surface area (Å²) in [6, 6.07) is 33.1. The second kappa shape index (κ2) is 6.86. The molecule has 0 aliphatic rings. The fourth-order valence-corrected chi connectivity index (χ4v) is 5.39. The Hall–Kier alpha value is -2.90. The lowest BCUT2D eigenvalue weighted by atomic mass is 9.83. The molecule has 142 valence electrons. The smallest absolute Gasteiger partial charge is 0.0361 e. The normalized spacial score (nSPS) is 12.0. The van der Waals surface area contributed by atoms with Crippen LogP contribution < -0.4 is 0 Å².